The lowest BCUT2D eigenvalue weighted by atomic mass is 9.89. The first-order valence-electron chi connectivity index (χ1n) is 8.65. The molecule has 1 atom stereocenters. The van der Waals surface area contributed by atoms with Crippen LogP contribution in [-0.2, 0) is 9.59 Å². The number of rotatable bonds is 5. The van der Waals surface area contributed by atoms with Crippen LogP contribution >= 0.6 is 0 Å². The molecule has 1 aromatic carbocycles. The lowest BCUT2D eigenvalue weighted by molar-refractivity contribution is -0.124. The Hall–Kier alpha value is -2.17. The van der Waals surface area contributed by atoms with E-state index in [4.69, 9.17) is 0 Å². The highest BCUT2D eigenvalue weighted by Gasteiger charge is 2.14. The molecule has 130 valence electrons. The molecule has 0 spiro atoms. The standard InChI is InChI=1S/C19H27N3O2/c1-13-5-4-6-17(11-13)21-22-19(24)10-9-18(23)20-16-8-7-14(2)15(3)12-16/h7-8,12-13H,4-6,9-11H2,1-3H3,(H,20,23)(H,22,24). The number of amides is 2. The Bertz CT molecular complexity index is 637. The van der Waals surface area contributed by atoms with Crippen molar-refractivity contribution in [1.29, 1.82) is 0 Å². The van der Waals surface area contributed by atoms with Gasteiger partial charge < -0.3 is 5.32 Å². The molecule has 1 aliphatic rings. The predicted octanol–water partition coefficient (Wildman–Crippen LogP) is 3.70. The van der Waals surface area contributed by atoms with Crippen molar-refractivity contribution in [2.75, 3.05) is 5.32 Å². The number of carbonyl (C=O) groups excluding carboxylic acids is 2. The normalized spacial score (nSPS) is 19.1. The number of nitrogens with zero attached hydrogens (tertiary/aromatic N) is 1. The van der Waals surface area contributed by atoms with Crippen LogP contribution in [0, 0.1) is 19.8 Å². The second kappa shape index (κ2) is 8.62. The molecule has 1 aromatic rings. The molecule has 2 N–H and O–H groups in total. The summed E-state index contributed by atoms with van der Waals surface area (Å²) in [6, 6.07) is 5.78. The summed E-state index contributed by atoms with van der Waals surface area (Å²) in [5.74, 6) is 0.265. The molecule has 0 heterocycles. The number of carbonyl (C=O) groups is 2. The maximum atomic E-state index is 11.9. The highest BCUT2D eigenvalue weighted by molar-refractivity contribution is 5.93. The molecule has 0 aromatic heterocycles. The minimum atomic E-state index is -0.212. The van der Waals surface area contributed by atoms with Gasteiger partial charge in [0, 0.05) is 24.2 Å². The molecule has 24 heavy (non-hydrogen) atoms. The molecule has 1 unspecified atom stereocenters. The van der Waals surface area contributed by atoms with Crippen LogP contribution in [0.15, 0.2) is 23.3 Å². The number of hydrazone groups is 1. The summed E-state index contributed by atoms with van der Waals surface area (Å²) in [7, 11) is 0. The van der Waals surface area contributed by atoms with E-state index in [9.17, 15) is 9.59 Å². The number of benzene rings is 1. The van der Waals surface area contributed by atoms with Gasteiger partial charge in [0.05, 0.1) is 0 Å². The number of hydrogen-bond acceptors (Lipinski definition) is 3. The molecule has 1 fully saturated rings. The fourth-order valence-electron chi connectivity index (χ4n) is 2.83. The molecule has 0 bridgehead atoms. The fourth-order valence-corrected chi connectivity index (χ4v) is 2.83. The molecule has 0 saturated heterocycles. The lowest BCUT2D eigenvalue weighted by Crippen LogP contribution is -2.23. The zero-order valence-corrected chi connectivity index (χ0v) is 14.8. The third-order valence-electron chi connectivity index (χ3n) is 4.45. The van der Waals surface area contributed by atoms with E-state index in [2.05, 4.69) is 22.8 Å². The van der Waals surface area contributed by atoms with Crippen LogP contribution in [0.1, 0.15) is 56.6 Å². The van der Waals surface area contributed by atoms with Gasteiger partial charge in [0.2, 0.25) is 11.8 Å². The summed E-state index contributed by atoms with van der Waals surface area (Å²) in [5, 5.41) is 7.02. The van der Waals surface area contributed by atoms with Crippen molar-refractivity contribution in [3.8, 4) is 0 Å². The average Bonchev–Trinajstić information content (AvgIpc) is 2.54. The Morgan fingerprint density at radius 2 is 1.92 bits per heavy atom. The maximum Gasteiger partial charge on any atom is 0.240 e. The minimum absolute atomic E-state index is 0.142. The highest BCUT2D eigenvalue weighted by atomic mass is 16.2. The summed E-state index contributed by atoms with van der Waals surface area (Å²) in [5.41, 5.74) is 6.71. The van der Waals surface area contributed by atoms with Crippen LogP contribution < -0.4 is 10.7 Å². The smallest absolute Gasteiger partial charge is 0.240 e. The fraction of sp³-hybridized carbons (Fsp3) is 0.526. The van der Waals surface area contributed by atoms with E-state index < -0.39 is 0 Å². The van der Waals surface area contributed by atoms with Crippen molar-refractivity contribution < 1.29 is 9.59 Å². The highest BCUT2D eigenvalue weighted by Crippen LogP contribution is 2.21. The minimum Gasteiger partial charge on any atom is -0.326 e. The first-order chi connectivity index (χ1) is 11.4. The quantitative estimate of drug-likeness (QED) is 0.809. The molecule has 2 amide bonds. The second-order valence-electron chi connectivity index (χ2n) is 6.76. The van der Waals surface area contributed by atoms with Crippen molar-refractivity contribution in [2.24, 2.45) is 11.0 Å². The summed E-state index contributed by atoms with van der Waals surface area (Å²) >= 11 is 0. The first kappa shape index (κ1) is 18.2. The van der Waals surface area contributed by atoms with Gasteiger partial charge in [0.15, 0.2) is 0 Å². The SMILES string of the molecule is Cc1ccc(NC(=O)CCC(=O)NN=C2CCCC(C)C2)cc1C. The van der Waals surface area contributed by atoms with Gasteiger partial charge in [-0.1, -0.05) is 13.0 Å². The summed E-state index contributed by atoms with van der Waals surface area (Å²) in [6.07, 6.45) is 4.56. The number of aryl methyl sites for hydroxylation is 2. The van der Waals surface area contributed by atoms with Crippen LogP contribution in [0.2, 0.25) is 0 Å². The Morgan fingerprint density at radius 1 is 1.17 bits per heavy atom. The number of hydrogen-bond donors (Lipinski definition) is 2. The van der Waals surface area contributed by atoms with Gasteiger partial charge >= 0.3 is 0 Å². The molecule has 2 rings (SSSR count). The van der Waals surface area contributed by atoms with Crippen molar-refractivity contribution in [1.82, 2.24) is 5.43 Å². The number of anilines is 1. The monoisotopic (exact) mass is 329 g/mol. The van der Waals surface area contributed by atoms with Crippen molar-refractivity contribution in [2.45, 2.75) is 59.3 Å². The molecule has 0 radical (unpaired) electrons. The third-order valence-corrected chi connectivity index (χ3v) is 4.45. The van der Waals surface area contributed by atoms with Crippen LogP contribution in [0.5, 0.6) is 0 Å². The molecule has 5 nitrogen and oxygen atoms in total. The van der Waals surface area contributed by atoms with E-state index in [0.29, 0.717) is 5.92 Å². The van der Waals surface area contributed by atoms with E-state index in [1.807, 2.05) is 32.0 Å². The van der Waals surface area contributed by atoms with Gasteiger partial charge in [-0.2, -0.15) is 5.10 Å². The molecule has 1 aliphatic carbocycles. The van der Waals surface area contributed by atoms with Gasteiger partial charge in [-0.3, -0.25) is 9.59 Å². The first-order valence-corrected chi connectivity index (χ1v) is 8.65. The van der Waals surface area contributed by atoms with Crippen molar-refractivity contribution in [3.63, 3.8) is 0 Å². The van der Waals surface area contributed by atoms with Crippen LogP contribution in [0.3, 0.4) is 0 Å². The Balaban J connectivity index is 1.73. The molecular weight excluding hydrogens is 302 g/mol. The summed E-state index contributed by atoms with van der Waals surface area (Å²) < 4.78 is 0. The van der Waals surface area contributed by atoms with E-state index >= 15 is 0 Å². The maximum absolute atomic E-state index is 11.9. The zero-order valence-electron chi connectivity index (χ0n) is 14.8. The predicted molar refractivity (Wildman–Crippen MR) is 97.0 cm³/mol. The van der Waals surface area contributed by atoms with Crippen LogP contribution in [-0.4, -0.2) is 17.5 Å². The van der Waals surface area contributed by atoms with Gasteiger partial charge in [-0.25, -0.2) is 5.43 Å². The topological polar surface area (TPSA) is 70.6 Å². The Labute approximate surface area is 143 Å². The zero-order chi connectivity index (χ0) is 17.5. The molecule has 0 aliphatic heterocycles. The molecule has 5 heteroatoms. The third kappa shape index (κ3) is 5.80. The van der Waals surface area contributed by atoms with Gasteiger partial charge in [0.1, 0.15) is 0 Å². The molecular formula is C19H27N3O2. The van der Waals surface area contributed by atoms with Crippen molar-refractivity contribution >= 4 is 23.2 Å². The van der Waals surface area contributed by atoms with E-state index in [-0.39, 0.29) is 24.7 Å². The van der Waals surface area contributed by atoms with Crippen LogP contribution in [0.25, 0.3) is 0 Å². The Kier molecular flexibility index (Phi) is 6.53. The van der Waals surface area contributed by atoms with Gasteiger partial charge in [-0.15, -0.1) is 0 Å². The summed E-state index contributed by atoms with van der Waals surface area (Å²) in [6.45, 7) is 6.23. The van der Waals surface area contributed by atoms with Crippen LogP contribution in [0.4, 0.5) is 5.69 Å². The van der Waals surface area contributed by atoms with Gasteiger partial charge in [-0.05, 0) is 68.7 Å². The molecule has 1 saturated carbocycles. The van der Waals surface area contributed by atoms with Gasteiger partial charge in [0.25, 0.3) is 0 Å². The van der Waals surface area contributed by atoms with E-state index in [1.165, 1.54) is 12.0 Å². The largest absolute Gasteiger partial charge is 0.326 e. The van der Waals surface area contributed by atoms with E-state index in [0.717, 1.165) is 36.2 Å². The van der Waals surface area contributed by atoms with Crippen molar-refractivity contribution in [3.05, 3.63) is 29.3 Å². The second-order valence-corrected chi connectivity index (χ2v) is 6.76. The average molecular weight is 329 g/mol. The Morgan fingerprint density at radius 3 is 2.62 bits per heavy atom. The van der Waals surface area contributed by atoms with E-state index in [1.54, 1.807) is 0 Å². The summed E-state index contributed by atoms with van der Waals surface area (Å²) in [4.78, 5) is 23.8. The lowest BCUT2D eigenvalue weighted by Gasteiger charge is -2.18. The number of nitrogens with one attached hydrogen (secondary N) is 2.